The van der Waals surface area contributed by atoms with Gasteiger partial charge < -0.3 is 10.8 Å². The monoisotopic (exact) mass is 231 g/mol. The summed E-state index contributed by atoms with van der Waals surface area (Å²) in [7, 11) is 0. The Bertz CT molecular complexity index is 332. The second-order valence-electron chi connectivity index (χ2n) is 2.71. The van der Waals surface area contributed by atoms with Crippen molar-refractivity contribution < 1.29 is 9.90 Å². The third-order valence-electron chi connectivity index (χ3n) is 1.46. The van der Waals surface area contributed by atoms with Gasteiger partial charge in [0.1, 0.15) is 0 Å². The van der Waals surface area contributed by atoms with E-state index >= 15 is 0 Å². The van der Waals surface area contributed by atoms with Crippen molar-refractivity contribution in [3.05, 3.63) is 29.3 Å². The maximum atomic E-state index is 10.3. The summed E-state index contributed by atoms with van der Waals surface area (Å²) in [6, 6.07) is 7.17. The molecule has 1 aromatic carbocycles. The van der Waals surface area contributed by atoms with Crippen LogP contribution in [0.4, 0.5) is 0 Å². The lowest BCUT2D eigenvalue weighted by atomic mass is 10.4. The lowest BCUT2D eigenvalue weighted by molar-refractivity contribution is -0.136. The first-order valence-corrected chi connectivity index (χ1v) is 5.23. The molecule has 0 fully saturated rings. The van der Waals surface area contributed by atoms with Crippen LogP contribution in [0.25, 0.3) is 0 Å². The van der Waals surface area contributed by atoms with Gasteiger partial charge in [0.15, 0.2) is 0 Å². The van der Waals surface area contributed by atoms with Crippen molar-refractivity contribution in [2.24, 2.45) is 5.73 Å². The van der Waals surface area contributed by atoms with E-state index in [-0.39, 0.29) is 6.42 Å². The molecule has 0 spiro atoms. The SMILES string of the molecule is NC(CC(=O)O)Sc1cccc(Cl)c1. The molecule has 0 saturated heterocycles. The van der Waals surface area contributed by atoms with Crippen molar-refractivity contribution in [3.63, 3.8) is 0 Å². The van der Waals surface area contributed by atoms with Gasteiger partial charge in [-0.2, -0.15) is 0 Å². The zero-order valence-corrected chi connectivity index (χ0v) is 8.89. The topological polar surface area (TPSA) is 63.3 Å². The van der Waals surface area contributed by atoms with Crippen molar-refractivity contribution in [1.29, 1.82) is 0 Å². The number of carbonyl (C=O) groups is 1. The minimum Gasteiger partial charge on any atom is -0.481 e. The van der Waals surface area contributed by atoms with Crippen LogP contribution in [-0.4, -0.2) is 16.4 Å². The molecule has 3 N–H and O–H groups in total. The summed E-state index contributed by atoms with van der Waals surface area (Å²) in [5.74, 6) is -0.896. The van der Waals surface area contributed by atoms with Gasteiger partial charge in [0, 0.05) is 9.92 Å². The summed E-state index contributed by atoms with van der Waals surface area (Å²) in [5.41, 5.74) is 5.60. The van der Waals surface area contributed by atoms with E-state index in [0.29, 0.717) is 5.02 Å². The van der Waals surface area contributed by atoms with Gasteiger partial charge in [-0.05, 0) is 18.2 Å². The average Bonchev–Trinajstić information content (AvgIpc) is 2.01. The van der Waals surface area contributed by atoms with Gasteiger partial charge in [-0.15, -0.1) is 11.8 Å². The number of hydrogen-bond donors (Lipinski definition) is 2. The van der Waals surface area contributed by atoms with Crippen LogP contribution in [0.5, 0.6) is 0 Å². The fourth-order valence-corrected chi connectivity index (χ4v) is 2.11. The number of hydrogen-bond acceptors (Lipinski definition) is 3. The van der Waals surface area contributed by atoms with E-state index in [1.807, 2.05) is 6.07 Å². The molecule has 5 heteroatoms. The normalized spacial score (nSPS) is 12.4. The summed E-state index contributed by atoms with van der Waals surface area (Å²) >= 11 is 7.06. The molecule has 0 radical (unpaired) electrons. The lowest BCUT2D eigenvalue weighted by Gasteiger charge is -2.08. The van der Waals surface area contributed by atoms with Crippen LogP contribution in [0.3, 0.4) is 0 Å². The van der Waals surface area contributed by atoms with Crippen molar-refractivity contribution in [3.8, 4) is 0 Å². The molecule has 0 aromatic heterocycles. The van der Waals surface area contributed by atoms with Crippen LogP contribution in [0, 0.1) is 0 Å². The smallest absolute Gasteiger partial charge is 0.305 e. The predicted molar refractivity (Wildman–Crippen MR) is 57.5 cm³/mol. The zero-order valence-electron chi connectivity index (χ0n) is 7.31. The van der Waals surface area contributed by atoms with E-state index in [4.69, 9.17) is 22.4 Å². The fourth-order valence-electron chi connectivity index (χ4n) is 0.929. The number of carboxylic acid groups (broad SMARTS) is 1. The number of benzene rings is 1. The van der Waals surface area contributed by atoms with Crippen LogP contribution < -0.4 is 5.73 Å². The van der Waals surface area contributed by atoms with Crippen molar-refractivity contribution in [2.75, 3.05) is 0 Å². The lowest BCUT2D eigenvalue weighted by Crippen LogP contribution is -2.19. The highest BCUT2D eigenvalue weighted by Crippen LogP contribution is 2.24. The van der Waals surface area contributed by atoms with Crippen LogP contribution in [0.1, 0.15) is 6.42 Å². The number of thioether (sulfide) groups is 1. The molecule has 14 heavy (non-hydrogen) atoms. The molecule has 76 valence electrons. The Morgan fingerprint density at radius 1 is 1.64 bits per heavy atom. The number of aliphatic carboxylic acids is 1. The van der Waals surface area contributed by atoms with E-state index in [2.05, 4.69) is 0 Å². The van der Waals surface area contributed by atoms with Gasteiger partial charge in [0.2, 0.25) is 0 Å². The van der Waals surface area contributed by atoms with Gasteiger partial charge in [0.25, 0.3) is 0 Å². The number of carboxylic acids is 1. The number of halogens is 1. The molecule has 0 bridgehead atoms. The molecular weight excluding hydrogens is 222 g/mol. The van der Waals surface area contributed by atoms with E-state index < -0.39 is 11.3 Å². The Balaban J connectivity index is 2.55. The van der Waals surface area contributed by atoms with E-state index in [9.17, 15) is 4.79 Å². The molecule has 1 atom stereocenters. The van der Waals surface area contributed by atoms with Crippen molar-refractivity contribution in [1.82, 2.24) is 0 Å². The van der Waals surface area contributed by atoms with Crippen LogP contribution in [0.15, 0.2) is 29.2 Å². The minimum atomic E-state index is -0.896. The largest absolute Gasteiger partial charge is 0.481 e. The quantitative estimate of drug-likeness (QED) is 0.616. The van der Waals surface area contributed by atoms with Gasteiger partial charge >= 0.3 is 5.97 Å². The van der Waals surface area contributed by atoms with Gasteiger partial charge in [-0.3, -0.25) is 4.79 Å². The first-order chi connectivity index (χ1) is 6.58. The third-order valence-corrected chi connectivity index (χ3v) is 2.69. The predicted octanol–water partition coefficient (Wildman–Crippen LogP) is 2.19. The molecule has 0 heterocycles. The molecule has 0 aliphatic rings. The number of nitrogens with two attached hydrogens (primary N) is 1. The van der Waals surface area contributed by atoms with E-state index in [1.165, 1.54) is 11.8 Å². The van der Waals surface area contributed by atoms with Crippen molar-refractivity contribution in [2.45, 2.75) is 16.7 Å². The first kappa shape index (κ1) is 11.4. The molecule has 0 saturated carbocycles. The summed E-state index contributed by atoms with van der Waals surface area (Å²) < 4.78 is 0. The van der Waals surface area contributed by atoms with Crippen LogP contribution >= 0.6 is 23.4 Å². The number of rotatable bonds is 4. The summed E-state index contributed by atoms with van der Waals surface area (Å²) in [6.07, 6.45) is -0.0584. The fraction of sp³-hybridized carbons (Fsp3) is 0.222. The molecule has 1 rings (SSSR count). The maximum Gasteiger partial charge on any atom is 0.305 e. The Morgan fingerprint density at radius 2 is 2.36 bits per heavy atom. The Morgan fingerprint density at radius 3 is 2.93 bits per heavy atom. The molecule has 0 aliphatic heterocycles. The van der Waals surface area contributed by atoms with E-state index in [0.717, 1.165) is 4.90 Å². The van der Waals surface area contributed by atoms with Crippen molar-refractivity contribution >= 4 is 29.3 Å². The Hall–Kier alpha value is -0.710. The molecule has 0 aliphatic carbocycles. The van der Waals surface area contributed by atoms with E-state index in [1.54, 1.807) is 18.2 Å². The summed E-state index contributed by atoms with van der Waals surface area (Å²) in [4.78, 5) is 11.2. The Kier molecular flexibility index (Phi) is 4.25. The van der Waals surface area contributed by atoms with Gasteiger partial charge in [-0.1, -0.05) is 17.7 Å². The first-order valence-electron chi connectivity index (χ1n) is 3.97. The minimum absolute atomic E-state index is 0.0584. The highest BCUT2D eigenvalue weighted by molar-refractivity contribution is 7.99. The second kappa shape index (κ2) is 5.24. The van der Waals surface area contributed by atoms with Crippen LogP contribution in [0.2, 0.25) is 5.02 Å². The molecular formula is C9H10ClNO2S. The highest BCUT2D eigenvalue weighted by Gasteiger charge is 2.09. The average molecular weight is 232 g/mol. The standard InChI is InChI=1S/C9H10ClNO2S/c10-6-2-1-3-7(4-6)14-8(11)5-9(12)13/h1-4,8H,5,11H2,(H,12,13). The highest BCUT2D eigenvalue weighted by atomic mass is 35.5. The summed E-state index contributed by atoms with van der Waals surface area (Å²) in [5, 5.41) is 8.68. The maximum absolute atomic E-state index is 10.3. The molecule has 0 amide bonds. The van der Waals surface area contributed by atoms with Gasteiger partial charge in [0.05, 0.1) is 11.8 Å². The zero-order chi connectivity index (χ0) is 10.6. The summed E-state index contributed by atoms with van der Waals surface area (Å²) in [6.45, 7) is 0. The molecule has 1 unspecified atom stereocenters. The third kappa shape index (κ3) is 4.00. The Labute approximate surface area is 91.2 Å². The van der Waals surface area contributed by atoms with Gasteiger partial charge in [-0.25, -0.2) is 0 Å². The molecule has 1 aromatic rings. The second-order valence-corrected chi connectivity index (χ2v) is 4.46. The molecule has 3 nitrogen and oxygen atoms in total. The van der Waals surface area contributed by atoms with Crippen LogP contribution in [-0.2, 0) is 4.79 Å².